The lowest BCUT2D eigenvalue weighted by molar-refractivity contribution is 0.113. The molecule has 1 atom stereocenters. The fourth-order valence-corrected chi connectivity index (χ4v) is 2.92. The summed E-state index contributed by atoms with van der Waals surface area (Å²) in [6.45, 7) is 4.76. The van der Waals surface area contributed by atoms with Gasteiger partial charge < -0.3 is 19.5 Å². The molecule has 1 fully saturated rings. The van der Waals surface area contributed by atoms with Crippen LogP contribution >= 0.6 is 0 Å². The third-order valence-electron chi connectivity index (χ3n) is 4.21. The largest absolute Gasteiger partial charge is 0.381 e. The van der Waals surface area contributed by atoms with Gasteiger partial charge in [-0.25, -0.2) is 9.18 Å². The summed E-state index contributed by atoms with van der Waals surface area (Å²) in [5.41, 5.74) is 0.992. The van der Waals surface area contributed by atoms with Crippen LogP contribution in [-0.4, -0.2) is 41.8 Å². The lowest BCUT2D eigenvalue weighted by atomic mass is 10.1. The summed E-state index contributed by atoms with van der Waals surface area (Å²) < 4.78 is 21.1. The summed E-state index contributed by atoms with van der Waals surface area (Å²) in [6, 6.07) is 8.09. The Kier molecular flexibility index (Phi) is 5.15. The second-order valence-electron chi connectivity index (χ2n) is 5.95. The van der Waals surface area contributed by atoms with E-state index in [1.807, 2.05) is 19.1 Å². The monoisotopic (exact) mass is 331 g/mol. The first-order valence-electron chi connectivity index (χ1n) is 8.24. The van der Waals surface area contributed by atoms with Crippen molar-refractivity contribution in [2.45, 2.75) is 13.3 Å². The molecule has 0 saturated carbocycles. The number of anilines is 1. The summed E-state index contributed by atoms with van der Waals surface area (Å²) >= 11 is 0. The van der Waals surface area contributed by atoms with E-state index >= 15 is 0 Å². The Morgan fingerprint density at radius 3 is 2.92 bits per heavy atom. The Labute approximate surface area is 141 Å². The molecule has 1 aliphatic heterocycles. The third-order valence-corrected chi connectivity index (χ3v) is 4.21. The smallest absolute Gasteiger partial charge is 0.321 e. The molecular weight excluding hydrogens is 309 g/mol. The molecule has 1 aromatic carbocycles. The van der Waals surface area contributed by atoms with Crippen LogP contribution in [0, 0.1) is 11.7 Å². The maximum absolute atomic E-state index is 14.0. The van der Waals surface area contributed by atoms with Crippen molar-refractivity contribution in [3.8, 4) is 5.69 Å². The van der Waals surface area contributed by atoms with E-state index in [9.17, 15) is 9.18 Å². The van der Waals surface area contributed by atoms with Crippen molar-refractivity contribution in [1.29, 1.82) is 0 Å². The van der Waals surface area contributed by atoms with E-state index < -0.39 is 0 Å². The quantitative estimate of drug-likeness (QED) is 0.911. The first-order chi connectivity index (χ1) is 11.7. The summed E-state index contributed by atoms with van der Waals surface area (Å²) in [6.07, 6.45) is 4.48. The Balaban J connectivity index is 1.64. The number of nitrogens with one attached hydrogen (secondary N) is 1. The van der Waals surface area contributed by atoms with Gasteiger partial charge in [0, 0.05) is 43.7 Å². The van der Waals surface area contributed by atoms with E-state index in [0.29, 0.717) is 37.1 Å². The number of nitrogens with zero attached hydrogens (tertiary/aromatic N) is 2. The zero-order valence-corrected chi connectivity index (χ0v) is 13.7. The highest BCUT2D eigenvalue weighted by molar-refractivity contribution is 5.89. The van der Waals surface area contributed by atoms with Crippen molar-refractivity contribution >= 4 is 11.7 Å². The number of likely N-dealkylation sites (tertiary alicyclic amines) is 1. The van der Waals surface area contributed by atoms with Crippen LogP contribution in [0.15, 0.2) is 42.7 Å². The minimum Gasteiger partial charge on any atom is -0.381 e. The zero-order valence-electron chi connectivity index (χ0n) is 13.7. The molecule has 1 aromatic heterocycles. The second kappa shape index (κ2) is 7.49. The maximum atomic E-state index is 14.0. The summed E-state index contributed by atoms with van der Waals surface area (Å²) in [5.74, 6) is 0.0569. The van der Waals surface area contributed by atoms with Crippen LogP contribution in [0.1, 0.15) is 13.3 Å². The van der Waals surface area contributed by atoms with Gasteiger partial charge >= 0.3 is 6.03 Å². The van der Waals surface area contributed by atoms with Crippen molar-refractivity contribution in [2.75, 3.05) is 31.6 Å². The molecule has 1 saturated heterocycles. The first-order valence-corrected chi connectivity index (χ1v) is 8.24. The third kappa shape index (κ3) is 3.76. The number of ether oxygens (including phenoxy) is 1. The van der Waals surface area contributed by atoms with Crippen molar-refractivity contribution in [3.63, 3.8) is 0 Å². The lowest BCUT2D eigenvalue weighted by Crippen LogP contribution is -2.33. The van der Waals surface area contributed by atoms with Crippen LogP contribution in [0.4, 0.5) is 14.9 Å². The molecule has 1 N–H and O–H groups in total. The number of aromatic nitrogens is 1. The van der Waals surface area contributed by atoms with Crippen LogP contribution in [-0.2, 0) is 4.74 Å². The van der Waals surface area contributed by atoms with Gasteiger partial charge in [0.25, 0.3) is 0 Å². The van der Waals surface area contributed by atoms with Gasteiger partial charge in [-0.3, -0.25) is 0 Å². The first kappa shape index (κ1) is 16.5. The van der Waals surface area contributed by atoms with Gasteiger partial charge in [0.15, 0.2) is 0 Å². The molecule has 24 heavy (non-hydrogen) atoms. The highest BCUT2D eigenvalue weighted by Crippen LogP contribution is 2.21. The standard InChI is InChI=1S/C18H22FN3O2/c1-2-24-13-14-7-10-22(12-14)18(23)20-15-5-6-16(19)17(11-15)21-8-3-4-9-21/h3-6,8-9,11,14H,2,7,10,12-13H2,1H3,(H,20,23)/t14-/m1/s1. The topological polar surface area (TPSA) is 46.5 Å². The molecule has 0 aliphatic carbocycles. The van der Waals surface area contributed by atoms with E-state index in [1.54, 1.807) is 34.0 Å². The fraction of sp³-hybridized carbons (Fsp3) is 0.389. The molecule has 0 bridgehead atoms. The van der Waals surface area contributed by atoms with Crippen LogP contribution in [0.2, 0.25) is 0 Å². The molecule has 1 aliphatic rings. The van der Waals surface area contributed by atoms with Crippen LogP contribution in [0.25, 0.3) is 5.69 Å². The van der Waals surface area contributed by atoms with Crippen LogP contribution in [0.3, 0.4) is 0 Å². The number of hydrogen-bond acceptors (Lipinski definition) is 2. The van der Waals surface area contributed by atoms with E-state index in [0.717, 1.165) is 13.0 Å². The fourth-order valence-electron chi connectivity index (χ4n) is 2.92. The van der Waals surface area contributed by atoms with E-state index in [1.165, 1.54) is 6.07 Å². The number of benzene rings is 1. The molecule has 0 radical (unpaired) electrons. The zero-order chi connectivity index (χ0) is 16.9. The minimum atomic E-state index is -0.331. The molecule has 2 heterocycles. The SMILES string of the molecule is CCOC[C@@H]1CCN(C(=O)Nc2ccc(F)c(-n3cccc3)c2)C1. The average Bonchev–Trinajstić information content (AvgIpc) is 3.26. The predicted molar refractivity (Wildman–Crippen MR) is 90.9 cm³/mol. The van der Waals surface area contributed by atoms with Gasteiger partial charge in [0.05, 0.1) is 12.3 Å². The second-order valence-corrected chi connectivity index (χ2v) is 5.95. The Hall–Kier alpha value is -2.34. The Morgan fingerprint density at radius 2 is 2.17 bits per heavy atom. The Morgan fingerprint density at radius 1 is 1.38 bits per heavy atom. The molecule has 3 rings (SSSR count). The van der Waals surface area contributed by atoms with Crippen molar-refractivity contribution in [2.24, 2.45) is 5.92 Å². The summed E-state index contributed by atoms with van der Waals surface area (Å²) in [5, 5.41) is 2.86. The summed E-state index contributed by atoms with van der Waals surface area (Å²) in [7, 11) is 0. The van der Waals surface area contributed by atoms with Gasteiger partial charge in [-0.1, -0.05) is 0 Å². The molecule has 2 aromatic rings. The maximum Gasteiger partial charge on any atom is 0.321 e. The normalized spacial score (nSPS) is 17.2. The highest BCUT2D eigenvalue weighted by atomic mass is 19.1. The van der Waals surface area contributed by atoms with Gasteiger partial charge in [-0.15, -0.1) is 0 Å². The van der Waals surface area contributed by atoms with E-state index in [-0.39, 0.29) is 11.8 Å². The number of carbonyl (C=O) groups is 1. The number of rotatable bonds is 5. The van der Waals surface area contributed by atoms with Crippen LogP contribution in [0.5, 0.6) is 0 Å². The van der Waals surface area contributed by atoms with Gasteiger partial charge in [0.1, 0.15) is 5.82 Å². The number of halogens is 1. The lowest BCUT2D eigenvalue weighted by Gasteiger charge is -2.18. The molecule has 128 valence electrons. The van der Waals surface area contributed by atoms with E-state index in [4.69, 9.17) is 4.74 Å². The number of urea groups is 1. The van der Waals surface area contributed by atoms with Gasteiger partial charge in [-0.2, -0.15) is 0 Å². The Bertz CT molecular complexity index is 688. The molecule has 2 amide bonds. The number of carbonyl (C=O) groups excluding carboxylic acids is 1. The highest BCUT2D eigenvalue weighted by Gasteiger charge is 2.26. The summed E-state index contributed by atoms with van der Waals surface area (Å²) in [4.78, 5) is 14.2. The van der Waals surface area contributed by atoms with Gasteiger partial charge in [0.2, 0.25) is 0 Å². The van der Waals surface area contributed by atoms with Crippen molar-refractivity contribution < 1.29 is 13.9 Å². The number of amides is 2. The van der Waals surface area contributed by atoms with Crippen LogP contribution < -0.4 is 5.32 Å². The van der Waals surface area contributed by atoms with Gasteiger partial charge in [-0.05, 0) is 43.7 Å². The average molecular weight is 331 g/mol. The van der Waals surface area contributed by atoms with Crippen molar-refractivity contribution in [1.82, 2.24) is 9.47 Å². The predicted octanol–water partition coefficient (Wildman–Crippen LogP) is 3.51. The van der Waals surface area contributed by atoms with Crippen molar-refractivity contribution in [3.05, 3.63) is 48.5 Å². The minimum absolute atomic E-state index is 0.154. The molecule has 5 nitrogen and oxygen atoms in total. The molecular formula is C18H22FN3O2. The molecule has 0 spiro atoms. The number of hydrogen-bond donors (Lipinski definition) is 1. The molecule has 0 unspecified atom stereocenters. The molecule has 6 heteroatoms. The van der Waals surface area contributed by atoms with E-state index in [2.05, 4.69) is 5.32 Å².